The third-order valence-corrected chi connectivity index (χ3v) is 5.07. The zero-order chi connectivity index (χ0) is 13.6. The molecule has 2 heteroatoms. The number of rotatable bonds is 5. The molecule has 1 saturated heterocycles. The van der Waals surface area contributed by atoms with E-state index in [1.54, 1.807) is 0 Å². The summed E-state index contributed by atoms with van der Waals surface area (Å²) >= 11 is 0. The van der Waals surface area contributed by atoms with Gasteiger partial charge in [0.1, 0.15) is 0 Å². The predicted octanol–water partition coefficient (Wildman–Crippen LogP) is 3.13. The number of benzene rings is 1. The zero-order valence-corrected chi connectivity index (χ0v) is 12.5. The number of hydrogen-bond acceptors (Lipinski definition) is 2. The Morgan fingerprint density at radius 3 is 2.75 bits per heavy atom. The summed E-state index contributed by atoms with van der Waals surface area (Å²) in [5.41, 5.74) is 1.43. The van der Waals surface area contributed by atoms with Crippen molar-refractivity contribution in [2.75, 3.05) is 13.1 Å². The second-order valence-electron chi connectivity index (χ2n) is 6.53. The summed E-state index contributed by atoms with van der Waals surface area (Å²) in [7, 11) is 0. The molecule has 1 aliphatic heterocycles. The number of nitrogens with one attached hydrogen (secondary N) is 2. The fourth-order valence-electron chi connectivity index (χ4n) is 3.89. The normalized spacial score (nSPS) is 29.9. The van der Waals surface area contributed by atoms with Gasteiger partial charge in [0.25, 0.3) is 0 Å². The van der Waals surface area contributed by atoms with Crippen molar-refractivity contribution in [3.05, 3.63) is 35.9 Å². The molecule has 0 radical (unpaired) electrons. The van der Waals surface area contributed by atoms with Gasteiger partial charge in [0.05, 0.1) is 0 Å². The first-order chi connectivity index (χ1) is 9.92. The van der Waals surface area contributed by atoms with E-state index in [4.69, 9.17) is 0 Å². The van der Waals surface area contributed by atoms with Crippen LogP contribution in [0.25, 0.3) is 0 Å². The van der Waals surface area contributed by atoms with Crippen LogP contribution in [0, 0.1) is 5.92 Å². The van der Waals surface area contributed by atoms with Gasteiger partial charge in [-0.15, -0.1) is 0 Å². The minimum Gasteiger partial charge on any atom is -0.315 e. The van der Waals surface area contributed by atoms with E-state index in [1.165, 1.54) is 44.1 Å². The van der Waals surface area contributed by atoms with E-state index >= 15 is 0 Å². The summed E-state index contributed by atoms with van der Waals surface area (Å²) in [6.07, 6.45) is 9.71. The Morgan fingerprint density at radius 1 is 1.00 bits per heavy atom. The van der Waals surface area contributed by atoms with Gasteiger partial charge in [0.2, 0.25) is 0 Å². The Labute approximate surface area is 123 Å². The quantitative estimate of drug-likeness (QED) is 0.805. The highest BCUT2D eigenvalue weighted by molar-refractivity contribution is 5.14. The molecule has 2 N–H and O–H groups in total. The Hall–Kier alpha value is -0.860. The van der Waals surface area contributed by atoms with Crippen LogP contribution in [0.1, 0.15) is 44.1 Å². The Bertz CT molecular complexity index is 390. The molecule has 0 amide bonds. The summed E-state index contributed by atoms with van der Waals surface area (Å²) < 4.78 is 0. The number of fused-ring (bicyclic) bond motifs is 1. The lowest BCUT2D eigenvalue weighted by molar-refractivity contribution is 0.174. The van der Waals surface area contributed by atoms with Crippen molar-refractivity contribution in [1.29, 1.82) is 0 Å². The van der Waals surface area contributed by atoms with Crippen molar-refractivity contribution < 1.29 is 0 Å². The minimum absolute atomic E-state index is 0.699. The highest BCUT2D eigenvalue weighted by Gasteiger charge is 2.31. The average molecular weight is 272 g/mol. The Kier molecular flexibility index (Phi) is 5.10. The van der Waals surface area contributed by atoms with Gasteiger partial charge in [-0.3, -0.25) is 0 Å². The molecule has 2 fully saturated rings. The molecule has 1 heterocycles. The first-order valence-corrected chi connectivity index (χ1v) is 8.42. The summed E-state index contributed by atoms with van der Waals surface area (Å²) in [5.74, 6) is 0.976. The Balaban J connectivity index is 1.35. The van der Waals surface area contributed by atoms with Gasteiger partial charge in [-0.2, -0.15) is 0 Å². The highest BCUT2D eigenvalue weighted by atomic mass is 15.0. The first kappa shape index (κ1) is 14.1. The smallest absolute Gasteiger partial charge is 0.0195 e. The molecular formula is C18H28N2. The highest BCUT2D eigenvalue weighted by Crippen LogP contribution is 2.31. The third kappa shape index (κ3) is 3.83. The summed E-state index contributed by atoms with van der Waals surface area (Å²) in [4.78, 5) is 0. The van der Waals surface area contributed by atoms with E-state index in [2.05, 4.69) is 41.0 Å². The molecule has 3 unspecified atom stereocenters. The standard InChI is InChI=1S/C18H28N2/c1-2-6-15(7-3-1)12-13-19-14-17-11-10-16-8-4-5-9-18(16)20-17/h1-3,6-7,16-20H,4-5,8-14H2. The molecule has 1 aliphatic carbocycles. The van der Waals surface area contributed by atoms with Gasteiger partial charge in [-0.25, -0.2) is 0 Å². The molecular weight excluding hydrogens is 244 g/mol. The van der Waals surface area contributed by atoms with Gasteiger partial charge >= 0.3 is 0 Å². The molecule has 3 rings (SSSR count). The second-order valence-corrected chi connectivity index (χ2v) is 6.53. The van der Waals surface area contributed by atoms with Crippen LogP contribution in [0.15, 0.2) is 30.3 Å². The maximum atomic E-state index is 3.89. The van der Waals surface area contributed by atoms with Crippen LogP contribution in [-0.4, -0.2) is 25.2 Å². The van der Waals surface area contributed by atoms with Gasteiger partial charge in [-0.1, -0.05) is 43.2 Å². The van der Waals surface area contributed by atoms with E-state index in [-0.39, 0.29) is 0 Å². The fourth-order valence-corrected chi connectivity index (χ4v) is 3.89. The summed E-state index contributed by atoms with van der Waals surface area (Å²) in [6, 6.07) is 12.3. The molecule has 1 aromatic rings. The van der Waals surface area contributed by atoms with Crippen molar-refractivity contribution >= 4 is 0 Å². The van der Waals surface area contributed by atoms with E-state index in [0.29, 0.717) is 6.04 Å². The molecule has 2 aliphatic rings. The van der Waals surface area contributed by atoms with Gasteiger partial charge in [0, 0.05) is 18.6 Å². The average Bonchev–Trinajstić information content (AvgIpc) is 2.52. The SMILES string of the molecule is c1ccc(CCNCC2CCC3CCCCC3N2)cc1. The molecule has 0 spiro atoms. The van der Waals surface area contributed by atoms with Crippen LogP contribution < -0.4 is 10.6 Å². The van der Waals surface area contributed by atoms with Crippen LogP contribution in [0.5, 0.6) is 0 Å². The fraction of sp³-hybridized carbons (Fsp3) is 0.667. The van der Waals surface area contributed by atoms with Gasteiger partial charge < -0.3 is 10.6 Å². The lowest BCUT2D eigenvalue weighted by Gasteiger charge is -2.40. The van der Waals surface area contributed by atoms with Gasteiger partial charge in [0.15, 0.2) is 0 Å². The molecule has 20 heavy (non-hydrogen) atoms. The lowest BCUT2D eigenvalue weighted by Crippen LogP contribution is -2.52. The monoisotopic (exact) mass is 272 g/mol. The van der Waals surface area contributed by atoms with Crippen molar-refractivity contribution in [1.82, 2.24) is 10.6 Å². The van der Waals surface area contributed by atoms with Crippen molar-refractivity contribution in [3.63, 3.8) is 0 Å². The van der Waals surface area contributed by atoms with Crippen LogP contribution in [0.3, 0.4) is 0 Å². The maximum absolute atomic E-state index is 3.89. The van der Waals surface area contributed by atoms with Gasteiger partial charge in [-0.05, 0) is 50.1 Å². The lowest BCUT2D eigenvalue weighted by atomic mass is 9.78. The van der Waals surface area contributed by atoms with Crippen molar-refractivity contribution in [2.24, 2.45) is 5.92 Å². The largest absolute Gasteiger partial charge is 0.315 e. The van der Waals surface area contributed by atoms with E-state index in [9.17, 15) is 0 Å². The molecule has 3 atom stereocenters. The topological polar surface area (TPSA) is 24.1 Å². The number of hydrogen-bond donors (Lipinski definition) is 2. The van der Waals surface area contributed by atoms with Crippen LogP contribution in [-0.2, 0) is 6.42 Å². The van der Waals surface area contributed by atoms with Crippen LogP contribution in [0.2, 0.25) is 0 Å². The van der Waals surface area contributed by atoms with E-state index < -0.39 is 0 Å². The van der Waals surface area contributed by atoms with Crippen molar-refractivity contribution in [2.45, 2.75) is 57.0 Å². The third-order valence-electron chi connectivity index (χ3n) is 5.07. The molecule has 0 bridgehead atoms. The molecule has 0 aromatic heterocycles. The summed E-state index contributed by atoms with van der Waals surface area (Å²) in [6.45, 7) is 2.23. The van der Waals surface area contributed by atoms with Crippen LogP contribution in [0.4, 0.5) is 0 Å². The van der Waals surface area contributed by atoms with E-state index in [1.807, 2.05) is 0 Å². The van der Waals surface area contributed by atoms with E-state index in [0.717, 1.165) is 31.5 Å². The molecule has 2 nitrogen and oxygen atoms in total. The Morgan fingerprint density at radius 2 is 1.85 bits per heavy atom. The molecule has 110 valence electrons. The van der Waals surface area contributed by atoms with Crippen LogP contribution >= 0.6 is 0 Å². The first-order valence-electron chi connectivity index (χ1n) is 8.42. The molecule has 1 saturated carbocycles. The number of piperidine rings is 1. The zero-order valence-electron chi connectivity index (χ0n) is 12.5. The minimum atomic E-state index is 0.699. The summed E-state index contributed by atoms with van der Waals surface area (Å²) in [5, 5.41) is 7.53. The molecule has 1 aromatic carbocycles. The maximum Gasteiger partial charge on any atom is 0.0195 e. The van der Waals surface area contributed by atoms with Crippen molar-refractivity contribution in [3.8, 4) is 0 Å². The predicted molar refractivity (Wildman–Crippen MR) is 84.9 cm³/mol. The second kappa shape index (κ2) is 7.24.